The molecule has 0 fully saturated rings. The molecule has 0 N–H and O–H groups in total. The third kappa shape index (κ3) is 3.56. The third-order valence-corrected chi connectivity index (χ3v) is 2.76. The highest BCUT2D eigenvalue weighted by Crippen LogP contribution is 2.19. The Morgan fingerprint density at radius 1 is 1.47 bits per heavy atom. The minimum absolute atomic E-state index is 0.357. The zero-order valence-corrected chi connectivity index (χ0v) is 11.2. The minimum Gasteiger partial charge on any atom is -0.494 e. The lowest BCUT2D eigenvalue weighted by Crippen LogP contribution is -2.33. The molecule has 5 heteroatoms. The fraction of sp³-hybridized carbons (Fsp3) is 0.333. The van der Waals surface area contributed by atoms with Gasteiger partial charge in [-0.05, 0) is 31.2 Å². The van der Waals surface area contributed by atoms with Crippen molar-refractivity contribution in [1.29, 1.82) is 0 Å². The maximum Gasteiger partial charge on any atom is 0.248 e. The van der Waals surface area contributed by atoms with Crippen LogP contribution >= 0.6 is 15.9 Å². The molecular formula is C12H13BrNO3. The van der Waals surface area contributed by atoms with Gasteiger partial charge in [-0.1, -0.05) is 15.9 Å². The lowest BCUT2D eigenvalue weighted by atomic mass is 10.2. The van der Waals surface area contributed by atoms with Crippen LogP contribution in [-0.4, -0.2) is 30.7 Å². The minimum atomic E-state index is -0.931. The highest BCUT2D eigenvalue weighted by molar-refractivity contribution is 9.10. The van der Waals surface area contributed by atoms with Crippen LogP contribution in [0.1, 0.15) is 6.92 Å². The van der Waals surface area contributed by atoms with E-state index in [1.807, 2.05) is 6.92 Å². The van der Waals surface area contributed by atoms with E-state index in [2.05, 4.69) is 15.9 Å². The number of rotatable bonds is 5. The molecule has 0 saturated heterocycles. The zero-order chi connectivity index (χ0) is 12.8. The summed E-state index contributed by atoms with van der Waals surface area (Å²) < 4.78 is 5.29. The standard InChI is InChI=1S/C12H13BrNO3/c1-3-17-10-6-4-9(5-7-10)14(2)12(16)11(13)8-15/h4-7,11H,3H2,1-2H3. The predicted octanol–water partition coefficient (Wildman–Crippen LogP) is 1.92. The van der Waals surface area contributed by atoms with Crippen LogP contribution in [0.2, 0.25) is 0 Å². The molecule has 1 amide bonds. The number of carbonyl (C=O) groups excluding carboxylic acids is 2. The van der Waals surface area contributed by atoms with Gasteiger partial charge in [0.15, 0.2) is 4.83 Å². The number of alkyl halides is 1. The Bertz CT molecular complexity index is 391. The van der Waals surface area contributed by atoms with Gasteiger partial charge in [-0.25, -0.2) is 0 Å². The van der Waals surface area contributed by atoms with Crippen molar-refractivity contribution in [2.24, 2.45) is 0 Å². The summed E-state index contributed by atoms with van der Waals surface area (Å²) in [6, 6.07) is 7.06. The van der Waals surface area contributed by atoms with E-state index in [4.69, 9.17) is 4.74 Å². The first-order valence-corrected chi connectivity index (χ1v) is 6.04. The molecule has 0 aromatic heterocycles. The number of hydrogen-bond acceptors (Lipinski definition) is 3. The molecule has 0 aliphatic heterocycles. The van der Waals surface area contributed by atoms with Crippen molar-refractivity contribution >= 4 is 33.8 Å². The molecule has 91 valence electrons. The van der Waals surface area contributed by atoms with Gasteiger partial charge in [-0.15, -0.1) is 0 Å². The molecule has 0 aliphatic carbocycles. The molecule has 1 aromatic rings. The van der Waals surface area contributed by atoms with Crippen molar-refractivity contribution < 1.29 is 14.3 Å². The lowest BCUT2D eigenvalue weighted by molar-refractivity contribution is -0.116. The summed E-state index contributed by atoms with van der Waals surface area (Å²) in [6.45, 7) is 2.50. The summed E-state index contributed by atoms with van der Waals surface area (Å²) in [5.41, 5.74) is 0.693. The van der Waals surface area contributed by atoms with E-state index in [-0.39, 0.29) is 5.91 Å². The van der Waals surface area contributed by atoms with Crippen molar-refractivity contribution in [1.82, 2.24) is 0 Å². The first-order valence-electron chi connectivity index (χ1n) is 5.12. The Kier molecular flexibility index (Phi) is 5.15. The van der Waals surface area contributed by atoms with Crippen molar-refractivity contribution in [2.45, 2.75) is 11.8 Å². The molecule has 0 spiro atoms. The van der Waals surface area contributed by atoms with Crippen LogP contribution < -0.4 is 9.64 Å². The predicted molar refractivity (Wildman–Crippen MR) is 69.4 cm³/mol. The zero-order valence-electron chi connectivity index (χ0n) is 9.64. The van der Waals surface area contributed by atoms with Crippen LogP contribution in [0.25, 0.3) is 0 Å². The Balaban J connectivity index is 2.78. The van der Waals surface area contributed by atoms with Gasteiger partial charge in [0.2, 0.25) is 12.2 Å². The molecule has 1 atom stereocenters. The molecule has 0 heterocycles. The fourth-order valence-electron chi connectivity index (χ4n) is 1.28. The molecule has 1 unspecified atom stereocenters. The fourth-order valence-corrected chi connectivity index (χ4v) is 1.59. The second kappa shape index (κ2) is 6.39. The van der Waals surface area contributed by atoms with Crippen LogP contribution in [-0.2, 0) is 9.59 Å². The van der Waals surface area contributed by atoms with Gasteiger partial charge < -0.3 is 9.64 Å². The van der Waals surface area contributed by atoms with E-state index in [0.29, 0.717) is 12.3 Å². The van der Waals surface area contributed by atoms with E-state index >= 15 is 0 Å². The maximum absolute atomic E-state index is 11.7. The first-order chi connectivity index (χ1) is 8.10. The van der Waals surface area contributed by atoms with Gasteiger partial charge >= 0.3 is 0 Å². The van der Waals surface area contributed by atoms with Gasteiger partial charge in [-0.3, -0.25) is 9.59 Å². The summed E-state index contributed by atoms with van der Waals surface area (Å²) in [5.74, 6) is 0.388. The van der Waals surface area contributed by atoms with Gasteiger partial charge in [0, 0.05) is 12.7 Å². The van der Waals surface area contributed by atoms with Gasteiger partial charge in [0.25, 0.3) is 0 Å². The second-order valence-electron chi connectivity index (χ2n) is 3.30. The van der Waals surface area contributed by atoms with Crippen LogP contribution in [0, 0.1) is 0 Å². The summed E-state index contributed by atoms with van der Waals surface area (Å²) in [7, 11) is 1.60. The normalized spacial score (nSPS) is 11.7. The molecule has 17 heavy (non-hydrogen) atoms. The highest BCUT2D eigenvalue weighted by Gasteiger charge is 2.20. The van der Waals surface area contributed by atoms with E-state index < -0.39 is 4.83 Å². The number of hydrogen-bond donors (Lipinski definition) is 0. The van der Waals surface area contributed by atoms with Crippen LogP contribution in [0.5, 0.6) is 5.75 Å². The quantitative estimate of drug-likeness (QED) is 0.616. The number of halogens is 1. The molecule has 0 saturated carbocycles. The maximum atomic E-state index is 11.7. The van der Waals surface area contributed by atoms with Crippen molar-refractivity contribution in [2.75, 3.05) is 18.6 Å². The number of benzene rings is 1. The van der Waals surface area contributed by atoms with Crippen LogP contribution in [0.15, 0.2) is 24.3 Å². The average molecular weight is 299 g/mol. The van der Waals surface area contributed by atoms with Gasteiger partial charge in [-0.2, -0.15) is 0 Å². The van der Waals surface area contributed by atoms with E-state index in [1.54, 1.807) is 37.6 Å². The Hall–Kier alpha value is -1.36. The van der Waals surface area contributed by atoms with E-state index in [1.165, 1.54) is 4.90 Å². The number of anilines is 1. The molecule has 1 radical (unpaired) electrons. The number of carbonyl (C=O) groups is 1. The third-order valence-electron chi connectivity index (χ3n) is 2.19. The number of amides is 1. The first kappa shape index (κ1) is 13.7. The Morgan fingerprint density at radius 2 is 2.06 bits per heavy atom. The molecule has 4 nitrogen and oxygen atoms in total. The van der Waals surface area contributed by atoms with E-state index in [0.717, 1.165) is 5.75 Å². The average Bonchev–Trinajstić information content (AvgIpc) is 2.37. The van der Waals surface area contributed by atoms with Gasteiger partial charge in [0.05, 0.1) is 6.61 Å². The summed E-state index contributed by atoms with van der Waals surface area (Å²) >= 11 is 2.94. The molecule has 1 rings (SSSR count). The van der Waals surface area contributed by atoms with E-state index in [9.17, 15) is 9.59 Å². The number of nitrogens with zero attached hydrogens (tertiary/aromatic N) is 1. The van der Waals surface area contributed by atoms with Crippen molar-refractivity contribution in [3.63, 3.8) is 0 Å². The summed E-state index contributed by atoms with van der Waals surface area (Å²) in [5, 5.41) is 0. The second-order valence-corrected chi connectivity index (χ2v) is 4.22. The topological polar surface area (TPSA) is 46.6 Å². The highest BCUT2D eigenvalue weighted by atomic mass is 79.9. The largest absolute Gasteiger partial charge is 0.494 e. The molecular weight excluding hydrogens is 286 g/mol. The SMILES string of the molecule is CCOc1ccc(N(C)C(=O)C(Br)[C]=O)cc1. The lowest BCUT2D eigenvalue weighted by Gasteiger charge is -2.18. The Labute approximate surface area is 109 Å². The van der Waals surface area contributed by atoms with Crippen molar-refractivity contribution in [3.8, 4) is 5.75 Å². The van der Waals surface area contributed by atoms with Crippen LogP contribution in [0.4, 0.5) is 5.69 Å². The summed E-state index contributed by atoms with van der Waals surface area (Å²) in [4.78, 5) is 22.5. The Morgan fingerprint density at radius 3 is 2.53 bits per heavy atom. The van der Waals surface area contributed by atoms with Crippen LogP contribution in [0.3, 0.4) is 0 Å². The molecule has 0 aliphatic rings. The van der Waals surface area contributed by atoms with Gasteiger partial charge in [0.1, 0.15) is 5.75 Å². The smallest absolute Gasteiger partial charge is 0.248 e. The summed E-state index contributed by atoms with van der Waals surface area (Å²) in [6.07, 6.45) is 1.60. The van der Waals surface area contributed by atoms with Crippen molar-refractivity contribution in [3.05, 3.63) is 24.3 Å². The monoisotopic (exact) mass is 298 g/mol. The molecule has 0 bridgehead atoms. The number of ether oxygens (including phenoxy) is 1. The molecule has 1 aromatic carbocycles.